The molecular formula is C19H19N3O. The van der Waals surface area contributed by atoms with Gasteiger partial charge in [-0.15, -0.1) is 0 Å². The van der Waals surface area contributed by atoms with Crippen LogP contribution in [0.4, 0.5) is 5.69 Å². The Balaban J connectivity index is 1.85. The Morgan fingerprint density at radius 3 is 2.87 bits per heavy atom. The van der Waals surface area contributed by atoms with Crippen LogP contribution in [0.2, 0.25) is 0 Å². The fraction of sp³-hybridized carbons (Fsp3) is 0.263. The molecule has 4 nitrogen and oxygen atoms in total. The van der Waals surface area contributed by atoms with Crippen molar-refractivity contribution in [1.82, 2.24) is 9.38 Å². The number of imidazole rings is 1. The average Bonchev–Trinajstić information content (AvgIpc) is 2.99. The van der Waals surface area contributed by atoms with E-state index in [1.165, 1.54) is 5.56 Å². The minimum absolute atomic E-state index is 0.0488. The summed E-state index contributed by atoms with van der Waals surface area (Å²) in [5, 5.41) is 0. The van der Waals surface area contributed by atoms with Gasteiger partial charge >= 0.3 is 0 Å². The predicted molar refractivity (Wildman–Crippen MR) is 91.0 cm³/mol. The molecule has 3 heterocycles. The Labute approximate surface area is 135 Å². The largest absolute Gasteiger partial charge is 0.307 e. The van der Waals surface area contributed by atoms with Crippen molar-refractivity contribution in [3.05, 3.63) is 65.6 Å². The molecule has 1 aliphatic heterocycles. The lowest BCUT2D eigenvalue weighted by atomic mass is 10.0. The first-order valence-corrected chi connectivity index (χ1v) is 8.15. The zero-order chi connectivity index (χ0) is 15.8. The van der Waals surface area contributed by atoms with Crippen molar-refractivity contribution in [2.75, 3.05) is 11.4 Å². The first kappa shape index (κ1) is 14.0. The third kappa shape index (κ3) is 2.22. The number of carbonyl (C=O) groups is 1. The molecule has 1 amide bonds. The number of aryl methyl sites for hydroxylation is 2. The molecule has 4 heteroatoms. The molecule has 0 unspecified atom stereocenters. The van der Waals surface area contributed by atoms with Gasteiger partial charge in [0.05, 0.1) is 5.69 Å². The van der Waals surface area contributed by atoms with Crippen LogP contribution in [0.1, 0.15) is 35.1 Å². The number of carbonyl (C=O) groups excluding carboxylic acids is 1. The van der Waals surface area contributed by atoms with E-state index >= 15 is 0 Å². The van der Waals surface area contributed by atoms with Gasteiger partial charge in [-0.2, -0.15) is 0 Å². The Hall–Kier alpha value is -2.62. The molecule has 0 aliphatic carbocycles. The normalized spacial score (nSPS) is 14.0. The smallest absolute Gasteiger partial charge is 0.277 e. The molecular weight excluding hydrogens is 286 g/mol. The molecule has 0 bridgehead atoms. The molecule has 23 heavy (non-hydrogen) atoms. The Bertz CT molecular complexity index is 881. The van der Waals surface area contributed by atoms with Crippen LogP contribution < -0.4 is 4.90 Å². The summed E-state index contributed by atoms with van der Waals surface area (Å²) in [6.07, 6.45) is 4.71. The van der Waals surface area contributed by atoms with E-state index in [9.17, 15) is 4.79 Å². The van der Waals surface area contributed by atoms with Crippen LogP contribution in [-0.4, -0.2) is 21.8 Å². The van der Waals surface area contributed by atoms with Crippen LogP contribution in [0.15, 0.2) is 48.7 Å². The lowest BCUT2D eigenvalue weighted by Crippen LogP contribution is -2.36. The lowest BCUT2D eigenvalue weighted by molar-refractivity contribution is 0.0978. The number of nitrogens with zero attached hydrogens (tertiary/aromatic N) is 3. The second-order valence-electron chi connectivity index (χ2n) is 5.88. The summed E-state index contributed by atoms with van der Waals surface area (Å²) < 4.78 is 1.92. The first-order valence-electron chi connectivity index (χ1n) is 8.15. The molecule has 2 aromatic heterocycles. The average molecular weight is 305 g/mol. The Morgan fingerprint density at radius 2 is 2.00 bits per heavy atom. The maximum Gasteiger partial charge on any atom is 0.277 e. The number of hydrogen-bond donors (Lipinski definition) is 0. The van der Waals surface area contributed by atoms with Crippen molar-refractivity contribution in [1.29, 1.82) is 0 Å². The van der Waals surface area contributed by atoms with Crippen LogP contribution >= 0.6 is 0 Å². The molecule has 116 valence electrons. The minimum Gasteiger partial charge on any atom is -0.307 e. The second kappa shape index (κ2) is 5.54. The molecule has 0 N–H and O–H groups in total. The first-order chi connectivity index (χ1) is 11.3. The highest BCUT2D eigenvalue weighted by molar-refractivity contribution is 6.07. The van der Waals surface area contributed by atoms with Gasteiger partial charge in [0.25, 0.3) is 5.91 Å². The number of fused-ring (bicyclic) bond motifs is 2. The van der Waals surface area contributed by atoms with E-state index < -0.39 is 0 Å². The van der Waals surface area contributed by atoms with Crippen molar-refractivity contribution in [2.24, 2.45) is 0 Å². The number of hydrogen-bond acceptors (Lipinski definition) is 2. The quantitative estimate of drug-likeness (QED) is 0.727. The summed E-state index contributed by atoms with van der Waals surface area (Å²) in [5.74, 6) is 0.0488. The fourth-order valence-electron chi connectivity index (χ4n) is 3.39. The highest BCUT2D eigenvalue weighted by atomic mass is 16.2. The maximum atomic E-state index is 13.3. The van der Waals surface area contributed by atoms with Gasteiger partial charge in [-0.05, 0) is 43.0 Å². The molecule has 1 aromatic carbocycles. The summed E-state index contributed by atoms with van der Waals surface area (Å²) in [7, 11) is 0. The molecule has 0 spiro atoms. The lowest BCUT2D eigenvalue weighted by Gasteiger charge is -2.29. The molecule has 0 saturated carbocycles. The SMILES string of the molecule is CCc1nc2ccccn2c1C(=O)N1CCCc2ccccc21. The third-order valence-corrected chi connectivity index (χ3v) is 4.49. The summed E-state index contributed by atoms with van der Waals surface area (Å²) in [6, 6.07) is 14.0. The Morgan fingerprint density at radius 1 is 1.17 bits per heavy atom. The molecule has 0 saturated heterocycles. The Kier molecular flexibility index (Phi) is 3.37. The molecule has 3 aromatic rings. The van der Waals surface area contributed by atoms with Crippen LogP contribution in [0.5, 0.6) is 0 Å². The van der Waals surface area contributed by atoms with Crippen molar-refractivity contribution >= 4 is 17.2 Å². The van der Waals surface area contributed by atoms with E-state index in [1.54, 1.807) is 0 Å². The molecule has 0 fully saturated rings. The topological polar surface area (TPSA) is 37.6 Å². The van der Waals surface area contributed by atoms with Crippen LogP contribution in [0, 0.1) is 0 Å². The third-order valence-electron chi connectivity index (χ3n) is 4.49. The number of rotatable bonds is 2. The van der Waals surface area contributed by atoms with E-state index in [2.05, 4.69) is 11.1 Å². The van der Waals surface area contributed by atoms with E-state index in [0.29, 0.717) is 5.69 Å². The number of anilines is 1. The molecule has 4 rings (SSSR count). The van der Waals surface area contributed by atoms with Crippen LogP contribution in [-0.2, 0) is 12.8 Å². The van der Waals surface area contributed by atoms with Gasteiger partial charge in [-0.3, -0.25) is 9.20 Å². The molecule has 0 radical (unpaired) electrons. The number of pyridine rings is 1. The van der Waals surface area contributed by atoms with E-state index in [4.69, 9.17) is 0 Å². The van der Waals surface area contributed by atoms with Crippen molar-refractivity contribution in [2.45, 2.75) is 26.2 Å². The van der Waals surface area contributed by atoms with Crippen molar-refractivity contribution in [3.8, 4) is 0 Å². The maximum absolute atomic E-state index is 13.3. The second-order valence-corrected chi connectivity index (χ2v) is 5.88. The van der Waals surface area contributed by atoms with Gasteiger partial charge in [0.2, 0.25) is 0 Å². The zero-order valence-electron chi connectivity index (χ0n) is 13.2. The van der Waals surface area contributed by atoms with Crippen molar-refractivity contribution in [3.63, 3.8) is 0 Å². The number of aromatic nitrogens is 2. The zero-order valence-corrected chi connectivity index (χ0v) is 13.2. The summed E-state index contributed by atoms with van der Waals surface area (Å²) in [6.45, 7) is 2.81. The fourth-order valence-corrected chi connectivity index (χ4v) is 3.39. The summed E-state index contributed by atoms with van der Waals surface area (Å²) >= 11 is 0. The van der Waals surface area contributed by atoms with Crippen LogP contribution in [0.3, 0.4) is 0 Å². The van der Waals surface area contributed by atoms with Crippen LogP contribution in [0.25, 0.3) is 5.65 Å². The summed E-state index contributed by atoms with van der Waals surface area (Å²) in [5.41, 5.74) is 4.68. The summed E-state index contributed by atoms with van der Waals surface area (Å²) in [4.78, 5) is 19.8. The highest BCUT2D eigenvalue weighted by Crippen LogP contribution is 2.29. The number of benzene rings is 1. The van der Waals surface area contributed by atoms with Gasteiger partial charge in [0.1, 0.15) is 11.3 Å². The van der Waals surface area contributed by atoms with Gasteiger partial charge in [0, 0.05) is 18.4 Å². The predicted octanol–water partition coefficient (Wildman–Crippen LogP) is 3.49. The van der Waals surface area contributed by atoms with Gasteiger partial charge in [-0.25, -0.2) is 4.98 Å². The monoisotopic (exact) mass is 305 g/mol. The number of amides is 1. The molecule has 0 atom stereocenters. The standard InChI is InChI=1S/C19H19N3O/c1-2-15-18(22-12-6-5-11-17(22)20-15)19(23)21-13-7-9-14-8-3-4-10-16(14)21/h3-6,8,10-12H,2,7,9,13H2,1H3. The van der Waals surface area contributed by atoms with Gasteiger partial charge < -0.3 is 4.90 Å². The van der Waals surface area contributed by atoms with E-state index in [-0.39, 0.29) is 5.91 Å². The highest BCUT2D eigenvalue weighted by Gasteiger charge is 2.27. The van der Waals surface area contributed by atoms with E-state index in [1.807, 2.05) is 58.8 Å². The van der Waals surface area contributed by atoms with Gasteiger partial charge in [-0.1, -0.05) is 31.2 Å². The van der Waals surface area contributed by atoms with Gasteiger partial charge in [0.15, 0.2) is 0 Å². The number of para-hydroxylation sites is 1. The van der Waals surface area contributed by atoms with Crippen molar-refractivity contribution < 1.29 is 4.79 Å². The van der Waals surface area contributed by atoms with E-state index in [0.717, 1.165) is 42.8 Å². The minimum atomic E-state index is 0.0488. The molecule has 1 aliphatic rings.